The molecule has 1 rings (SSSR count). The first-order valence-electron chi connectivity index (χ1n) is 5.96. The molecule has 0 aromatic heterocycles. The van der Waals surface area contributed by atoms with Crippen LogP contribution in [0.3, 0.4) is 0 Å². The predicted molar refractivity (Wildman–Crippen MR) is 69.8 cm³/mol. The molecule has 1 amide bonds. The molecule has 2 atom stereocenters. The molecule has 0 aliphatic rings. The van der Waals surface area contributed by atoms with E-state index in [0.29, 0.717) is 18.5 Å². The molecule has 0 spiro atoms. The molecule has 0 aliphatic carbocycles. The van der Waals surface area contributed by atoms with Crippen LogP contribution in [-0.4, -0.2) is 40.8 Å². The molecule has 0 saturated carbocycles. The zero-order valence-corrected chi connectivity index (χ0v) is 10.7. The van der Waals surface area contributed by atoms with Gasteiger partial charge in [-0.25, -0.2) is 4.79 Å². The summed E-state index contributed by atoms with van der Waals surface area (Å²) in [6.07, 6.45) is -0.453. The van der Waals surface area contributed by atoms with Crippen molar-refractivity contribution in [2.24, 2.45) is 5.73 Å². The normalized spacial score (nSPS) is 13.6. The second-order valence-corrected chi connectivity index (χ2v) is 4.27. The van der Waals surface area contributed by atoms with Crippen molar-refractivity contribution in [1.29, 1.82) is 0 Å². The highest BCUT2D eigenvalue weighted by molar-refractivity contribution is 5.96. The standard InChI is InChI=1S/C13H18N2O4/c1-8(16)11(13(18)19)15-12(17)10-4-2-9(3-5-10)6-7-14/h2-5,8,11,16H,6-7,14H2,1H3,(H,15,17)(H,18,19)/t8-,11+/m1/s1. The van der Waals surface area contributed by atoms with E-state index in [1.54, 1.807) is 24.3 Å². The summed E-state index contributed by atoms with van der Waals surface area (Å²) in [5.41, 5.74) is 6.76. The number of nitrogens with one attached hydrogen (secondary N) is 1. The number of carbonyl (C=O) groups is 2. The Morgan fingerprint density at radius 3 is 2.32 bits per heavy atom. The van der Waals surface area contributed by atoms with Crippen molar-refractivity contribution in [3.8, 4) is 0 Å². The van der Waals surface area contributed by atoms with Crippen LogP contribution >= 0.6 is 0 Å². The van der Waals surface area contributed by atoms with Gasteiger partial charge in [0.15, 0.2) is 6.04 Å². The van der Waals surface area contributed by atoms with Crippen molar-refractivity contribution in [2.45, 2.75) is 25.5 Å². The Morgan fingerprint density at radius 2 is 1.89 bits per heavy atom. The summed E-state index contributed by atoms with van der Waals surface area (Å²) < 4.78 is 0. The van der Waals surface area contributed by atoms with Gasteiger partial charge in [0.25, 0.3) is 5.91 Å². The van der Waals surface area contributed by atoms with E-state index >= 15 is 0 Å². The van der Waals surface area contributed by atoms with E-state index in [1.165, 1.54) is 6.92 Å². The Hall–Kier alpha value is -1.92. The van der Waals surface area contributed by atoms with Crippen LogP contribution in [0.5, 0.6) is 0 Å². The summed E-state index contributed by atoms with van der Waals surface area (Å²) in [6, 6.07) is 5.40. The average molecular weight is 266 g/mol. The summed E-state index contributed by atoms with van der Waals surface area (Å²) in [7, 11) is 0. The van der Waals surface area contributed by atoms with E-state index in [9.17, 15) is 14.7 Å². The fourth-order valence-corrected chi connectivity index (χ4v) is 1.60. The smallest absolute Gasteiger partial charge is 0.328 e. The SMILES string of the molecule is C[C@@H](O)[C@H](NC(=O)c1ccc(CCN)cc1)C(=O)O. The fraction of sp³-hybridized carbons (Fsp3) is 0.385. The molecule has 1 aromatic rings. The Balaban J connectivity index is 2.74. The van der Waals surface area contributed by atoms with Crippen LogP contribution in [-0.2, 0) is 11.2 Å². The maximum atomic E-state index is 11.8. The lowest BCUT2D eigenvalue weighted by molar-refractivity contribution is -0.141. The number of rotatable bonds is 6. The first kappa shape index (κ1) is 15.1. The van der Waals surface area contributed by atoms with Crippen LogP contribution in [0.4, 0.5) is 0 Å². The first-order chi connectivity index (χ1) is 8.95. The largest absolute Gasteiger partial charge is 0.480 e. The highest BCUT2D eigenvalue weighted by Crippen LogP contribution is 2.06. The molecule has 0 aliphatic heterocycles. The average Bonchev–Trinajstić information content (AvgIpc) is 2.36. The number of nitrogens with two attached hydrogens (primary N) is 1. The van der Waals surface area contributed by atoms with E-state index in [1.807, 2.05) is 0 Å². The first-order valence-corrected chi connectivity index (χ1v) is 5.96. The molecule has 0 saturated heterocycles. The minimum Gasteiger partial charge on any atom is -0.480 e. The molecular weight excluding hydrogens is 248 g/mol. The van der Waals surface area contributed by atoms with E-state index in [0.717, 1.165) is 5.56 Å². The number of aliphatic carboxylic acids is 1. The number of hydrogen-bond donors (Lipinski definition) is 4. The van der Waals surface area contributed by atoms with Gasteiger partial charge in [-0.3, -0.25) is 4.79 Å². The van der Waals surface area contributed by atoms with E-state index < -0.39 is 24.0 Å². The summed E-state index contributed by atoms with van der Waals surface area (Å²) in [6.45, 7) is 1.83. The predicted octanol–water partition coefficient (Wildman–Crippen LogP) is -0.248. The second kappa shape index (κ2) is 6.86. The van der Waals surface area contributed by atoms with Gasteiger partial charge in [0.05, 0.1) is 6.10 Å². The molecule has 19 heavy (non-hydrogen) atoms. The van der Waals surface area contributed by atoms with E-state index in [-0.39, 0.29) is 0 Å². The van der Waals surface area contributed by atoms with Gasteiger partial charge in [0, 0.05) is 5.56 Å². The second-order valence-electron chi connectivity index (χ2n) is 4.27. The highest BCUT2D eigenvalue weighted by atomic mass is 16.4. The van der Waals surface area contributed by atoms with Crippen LogP contribution in [0.1, 0.15) is 22.8 Å². The maximum Gasteiger partial charge on any atom is 0.328 e. The third-order valence-corrected chi connectivity index (χ3v) is 2.68. The Morgan fingerprint density at radius 1 is 1.32 bits per heavy atom. The molecule has 6 heteroatoms. The number of hydrogen-bond acceptors (Lipinski definition) is 4. The molecule has 5 N–H and O–H groups in total. The fourth-order valence-electron chi connectivity index (χ4n) is 1.60. The number of carboxylic acids is 1. The minimum absolute atomic E-state index is 0.340. The van der Waals surface area contributed by atoms with Gasteiger partial charge in [0.2, 0.25) is 0 Å². The van der Waals surface area contributed by atoms with Gasteiger partial charge >= 0.3 is 5.97 Å². The van der Waals surface area contributed by atoms with E-state index in [2.05, 4.69) is 5.32 Å². The van der Waals surface area contributed by atoms with Crippen LogP contribution in [0, 0.1) is 0 Å². The van der Waals surface area contributed by atoms with Crippen molar-refractivity contribution in [3.05, 3.63) is 35.4 Å². The topological polar surface area (TPSA) is 113 Å². The van der Waals surface area contributed by atoms with Gasteiger partial charge in [-0.15, -0.1) is 0 Å². The summed E-state index contributed by atoms with van der Waals surface area (Å²) >= 11 is 0. The van der Waals surface area contributed by atoms with Gasteiger partial charge < -0.3 is 21.3 Å². The van der Waals surface area contributed by atoms with Crippen LogP contribution < -0.4 is 11.1 Å². The zero-order chi connectivity index (χ0) is 14.4. The third-order valence-electron chi connectivity index (χ3n) is 2.68. The minimum atomic E-state index is -1.32. The van der Waals surface area contributed by atoms with Crippen molar-refractivity contribution in [3.63, 3.8) is 0 Å². The quantitative estimate of drug-likeness (QED) is 0.567. The maximum absolute atomic E-state index is 11.8. The molecule has 1 aromatic carbocycles. The number of carboxylic acid groups (broad SMARTS) is 1. The summed E-state index contributed by atoms with van der Waals surface area (Å²) in [5, 5.41) is 20.4. The summed E-state index contributed by atoms with van der Waals surface area (Å²) in [4.78, 5) is 22.7. The van der Waals surface area contributed by atoms with E-state index in [4.69, 9.17) is 10.8 Å². The van der Waals surface area contributed by atoms with Crippen molar-refractivity contribution in [2.75, 3.05) is 6.54 Å². The lowest BCUT2D eigenvalue weighted by Gasteiger charge is -2.17. The Bertz CT molecular complexity index is 442. The number of benzene rings is 1. The van der Waals surface area contributed by atoms with Crippen LogP contribution in [0.15, 0.2) is 24.3 Å². The zero-order valence-electron chi connectivity index (χ0n) is 10.7. The Labute approximate surface area is 111 Å². The van der Waals surface area contributed by atoms with Gasteiger partial charge in [-0.05, 0) is 37.6 Å². The monoisotopic (exact) mass is 266 g/mol. The number of carbonyl (C=O) groups excluding carboxylic acids is 1. The molecule has 0 fully saturated rings. The number of amides is 1. The third kappa shape index (κ3) is 4.35. The Kier molecular flexibility index (Phi) is 5.47. The van der Waals surface area contributed by atoms with Crippen molar-refractivity contribution in [1.82, 2.24) is 5.32 Å². The molecule has 0 radical (unpaired) electrons. The lowest BCUT2D eigenvalue weighted by Crippen LogP contribution is -2.47. The van der Waals surface area contributed by atoms with Crippen molar-refractivity contribution >= 4 is 11.9 Å². The molecule has 0 unspecified atom stereocenters. The molecule has 6 nitrogen and oxygen atoms in total. The van der Waals surface area contributed by atoms with Crippen LogP contribution in [0.2, 0.25) is 0 Å². The molecule has 104 valence electrons. The molecule has 0 heterocycles. The molecular formula is C13H18N2O4. The van der Waals surface area contributed by atoms with Crippen molar-refractivity contribution < 1.29 is 19.8 Å². The van der Waals surface area contributed by atoms with Gasteiger partial charge in [-0.1, -0.05) is 12.1 Å². The number of aliphatic hydroxyl groups is 1. The number of aliphatic hydroxyl groups excluding tert-OH is 1. The van der Waals surface area contributed by atoms with Gasteiger partial charge in [0.1, 0.15) is 0 Å². The van der Waals surface area contributed by atoms with Gasteiger partial charge in [-0.2, -0.15) is 0 Å². The highest BCUT2D eigenvalue weighted by Gasteiger charge is 2.25. The lowest BCUT2D eigenvalue weighted by atomic mass is 10.1. The van der Waals surface area contributed by atoms with Crippen LogP contribution in [0.25, 0.3) is 0 Å². The molecule has 0 bridgehead atoms. The summed E-state index contributed by atoms with van der Waals surface area (Å²) in [5.74, 6) is -1.81.